The highest BCUT2D eigenvalue weighted by atomic mass is 16.5. The minimum absolute atomic E-state index is 0.410. The van der Waals surface area contributed by atoms with Crippen LogP contribution in [0.25, 0.3) is 0 Å². The highest BCUT2D eigenvalue weighted by Gasteiger charge is 2.22. The first-order chi connectivity index (χ1) is 7.18. The molecule has 1 heterocycles. The molecule has 1 aromatic heterocycles. The van der Waals surface area contributed by atoms with Crippen LogP contribution in [-0.4, -0.2) is 5.16 Å². The molecular weight excluding hydrogens is 188 g/mol. The molecule has 2 N–H and O–H groups in total. The van der Waals surface area contributed by atoms with Crippen LogP contribution in [-0.2, 0) is 6.42 Å². The van der Waals surface area contributed by atoms with E-state index >= 15 is 0 Å². The molecule has 2 rings (SSSR count). The minimum atomic E-state index is 0.410. The molecule has 1 aromatic rings. The van der Waals surface area contributed by atoms with Gasteiger partial charge in [-0.15, -0.1) is 0 Å². The van der Waals surface area contributed by atoms with E-state index in [-0.39, 0.29) is 0 Å². The lowest BCUT2D eigenvalue weighted by atomic mass is 9.95. The summed E-state index contributed by atoms with van der Waals surface area (Å²) in [7, 11) is 0. The fraction of sp³-hybridized carbons (Fsp3) is 0.750. The number of nitrogens with zero attached hydrogens (tertiary/aromatic N) is 1. The summed E-state index contributed by atoms with van der Waals surface area (Å²) >= 11 is 0. The summed E-state index contributed by atoms with van der Waals surface area (Å²) < 4.78 is 5.10. The van der Waals surface area contributed by atoms with E-state index < -0.39 is 0 Å². The van der Waals surface area contributed by atoms with Gasteiger partial charge in [-0.3, -0.25) is 0 Å². The Kier molecular flexibility index (Phi) is 2.98. The van der Waals surface area contributed by atoms with Crippen LogP contribution in [0.1, 0.15) is 56.7 Å². The van der Waals surface area contributed by atoms with Gasteiger partial charge in [0.05, 0.1) is 5.69 Å². The van der Waals surface area contributed by atoms with Crippen LogP contribution in [0.4, 0.5) is 5.88 Å². The molecule has 1 saturated carbocycles. The molecule has 0 spiro atoms. The van der Waals surface area contributed by atoms with E-state index in [1.165, 1.54) is 25.7 Å². The van der Waals surface area contributed by atoms with Gasteiger partial charge in [0.1, 0.15) is 0 Å². The molecule has 0 radical (unpaired) electrons. The van der Waals surface area contributed by atoms with Gasteiger partial charge < -0.3 is 10.3 Å². The van der Waals surface area contributed by atoms with Crippen molar-refractivity contribution in [3.63, 3.8) is 0 Å². The Morgan fingerprint density at radius 3 is 2.67 bits per heavy atom. The highest BCUT2D eigenvalue weighted by molar-refractivity contribution is 5.41. The summed E-state index contributed by atoms with van der Waals surface area (Å²) in [6, 6.07) is 0. The molecule has 3 heteroatoms. The fourth-order valence-electron chi connectivity index (χ4n) is 2.60. The normalized spacial score (nSPS) is 17.8. The Labute approximate surface area is 91.0 Å². The van der Waals surface area contributed by atoms with Crippen molar-refractivity contribution in [2.45, 2.75) is 51.9 Å². The van der Waals surface area contributed by atoms with Gasteiger partial charge in [-0.2, -0.15) is 0 Å². The SMILES string of the molecule is CC(C)c1c(CC2CCCC2)noc1N. The van der Waals surface area contributed by atoms with Gasteiger partial charge in [0.2, 0.25) is 5.88 Å². The van der Waals surface area contributed by atoms with Gasteiger partial charge >= 0.3 is 0 Å². The lowest BCUT2D eigenvalue weighted by molar-refractivity contribution is 0.417. The lowest BCUT2D eigenvalue weighted by Gasteiger charge is -2.09. The molecule has 3 nitrogen and oxygen atoms in total. The number of hydrogen-bond acceptors (Lipinski definition) is 3. The molecular formula is C12H20N2O. The van der Waals surface area contributed by atoms with Crippen LogP contribution in [0.3, 0.4) is 0 Å². The molecule has 1 fully saturated rings. The molecule has 84 valence electrons. The number of anilines is 1. The van der Waals surface area contributed by atoms with E-state index in [2.05, 4.69) is 19.0 Å². The van der Waals surface area contributed by atoms with E-state index in [4.69, 9.17) is 10.3 Å². The number of rotatable bonds is 3. The van der Waals surface area contributed by atoms with Gasteiger partial charge in [-0.1, -0.05) is 44.7 Å². The van der Waals surface area contributed by atoms with Crippen molar-refractivity contribution in [1.82, 2.24) is 5.16 Å². The molecule has 0 saturated heterocycles. The summed E-state index contributed by atoms with van der Waals surface area (Å²) in [5.41, 5.74) is 8.01. The second-order valence-corrected chi connectivity index (χ2v) is 4.92. The van der Waals surface area contributed by atoms with Crippen LogP contribution in [0.2, 0.25) is 0 Å². The summed E-state index contributed by atoms with van der Waals surface area (Å²) in [4.78, 5) is 0. The van der Waals surface area contributed by atoms with Crippen molar-refractivity contribution in [2.24, 2.45) is 5.92 Å². The van der Waals surface area contributed by atoms with E-state index in [0.29, 0.717) is 11.8 Å². The van der Waals surface area contributed by atoms with E-state index in [1.54, 1.807) is 0 Å². The zero-order valence-electron chi connectivity index (χ0n) is 9.62. The van der Waals surface area contributed by atoms with Crippen LogP contribution in [0.5, 0.6) is 0 Å². The van der Waals surface area contributed by atoms with Gasteiger partial charge in [0.25, 0.3) is 0 Å². The van der Waals surface area contributed by atoms with Crippen molar-refractivity contribution >= 4 is 5.88 Å². The van der Waals surface area contributed by atoms with Crippen molar-refractivity contribution in [2.75, 3.05) is 5.73 Å². The molecule has 15 heavy (non-hydrogen) atoms. The average Bonchev–Trinajstić information content (AvgIpc) is 2.76. The Morgan fingerprint density at radius 2 is 2.07 bits per heavy atom. The Bertz CT molecular complexity index is 324. The Hall–Kier alpha value is -0.990. The van der Waals surface area contributed by atoms with E-state index in [1.807, 2.05) is 0 Å². The van der Waals surface area contributed by atoms with Crippen molar-refractivity contribution < 1.29 is 4.52 Å². The second-order valence-electron chi connectivity index (χ2n) is 4.92. The molecule has 0 atom stereocenters. The first-order valence-electron chi connectivity index (χ1n) is 5.92. The maximum absolute atomic E-state index is 5.79. The van der Waals surface area contributed by atoms with Gasteiger partial charge in [-0.25, -0.2) is 0 Å². The zero-order valence-corrected chi connectivity index (χ0v) is 9.62. The lowest BCUT2D eigenvalue weighted by Crippen LogP contribution is -2.03. The summed E-state index contributed by atoms with van der Waals surface area (Å²) in [6.45, 7) is 4.28. The predicted molar refractivity (Wildman–Crippen MR) is 60.7 cm³/mol. The van der Waals surface area contributed by atoms with Crippen molar-refractivity contribution in [3.05, 3.63) is 11.3 Å². The van der Waals surface area contributed by atoms with Crippen LogP contribution < -0.4 is 5.73 Å². The van der Waals surface area contributed by atoms with Crippen LogP contribution in [0, 0.1) is 5.92 Å². The Balaban J connectivity index is 2.13. The number of hydrogen-bond donors (Lipinski definition) is 1. The first kappa shape index (κ1) is 10.5. The van der Waals surface area contributed by atoms with Crippen molar-refractivity contribution in [1.29, 1.82) is 0 Å². The quantitative estimate of drug-likeness (QED) is 0.830. The van der Waals surface area contributed by atoms with Gasteiger partial charge in [0.15, 0.2) is 0 Å². The number of nitrogen functional groups attached to an aromatic ring is 1. The highest BCUT2D eigenvalue weighted by Crippen LogP contribution is 2.32. The van der Waals surface area contributed by atoms with Crippen LogP contribution >= 0.6 is 0 Å². The predicted octanol–water partition coefficient (Wildman–Crippen LogP) is 3.11. The largest absolute Gasteiger partial charge is 0.367 e. The van der Waals surface area contributed by atoms with Gasteiger partial charge in [0, 0.05) is 5.56 Å². The summed E-state index contributed by atoms with van der Waals surface area (Å²) in [5, 5.41) is 4.10. The molecule has 0 bridgehead atoms. The van der Waals surface area contributed by atoms with Crippen molar-refractivity contribution in [3.8, 4) is 0 Å². The maximum atomic E-state index is 5.79. The third-order valence-corrected chi connectivity index (χ3v) is 3.36. The summed E-state index contributed by atoms with van der Waals surface area (Å²) in [6.07, 6.45) is 6.47. The maximum Gasteiger partial charge on any atom is 0.225 e. The molecule has 0 aromatic carbocycles. The monoisotopic (exact) mass is 208 g/mol. The number of aromatic nitrogens is 1. The van der Waals surface area contributed by atoms with Gasteiger partial charge in [-0.05, 0) is 18.3 Å². The molecule has 1 aliphatic rings. The average molecular weight is 208 g/mol. The Morgan fingerprint density at radius 1 is 1.40 bits per heavy atom. The summed E-state index contributed by atoms with van der Waals surface area (Å²) in [5.74, 6) is 1.72. The standard InChI is InChI=1S/C12H20N2O/c1-8(2)11-10(14-15-12(11)13)7-9-5-3-4-6-9/h8-9H,3-7,13H2,1-2H3. The number of nitrogens with two attached hydrogens (primary N) is 1. The molecule has 0 amide bonds. The zero-order chi connectivity index (χ0) is 10.8. The molecule has 0 aliphatic heterocycles. The smallest absolute Gasteiger partial charge is 0.225 e. The van der Waals surface area contributed by atoms with E-state index in [0.717, 1.165) is 23.6 Å². The molecule has 1 aliphatic carbocycles. The third-order valence-electron chi connectivity index (χ3n) is 3.36. The first-order valence-corrected chi connectivity index (χ1v) is 5.92. The fourth-order valence-corrected chi connectivity index (χ4v) is 2.60. The van der Waals surface area contributed by atoms with Crippen LogP contribution in [0.15, 0.2) is 4.52 Å². The second kappa shape index (κ2) is 4.25. The minimum Gasteiger partial charge on any atom is -0.367 e. The molecule has 0 unspecified atom stereocenters. The topological polar surface area (TPSA) is 52.0 Å². The van der Waals surface area contributed by atoms with E-state index in [9.17, 15) is 0 Å². The third kappa shape index (κ3) is 2.16.